The Hall–Kier alpha value is -1.46. The van der Waals surface area contributed by atoms with E-state index in [1.54, 1.807) is 12.1 Å². The van der Waals surface area contributed by atoms with Gasteiger partial charge in [-0.2, -0.15) is 0 Å². The van der Waals surface area contributed by atoms with Crippen LogP contribution in [0.2, 0.25) is 0 Å². The first-order valence-electron chi connectivity index (χ1n) is 6.25. The molecule has 100 valence electrons. The van der Waals surface area contributed by atoms with Gasteiger partial charge in [0, 0.05) is 13.1 Å². The number of nitrogens with zero attached hydrogens (tertiary/aromatic N) is 1. The molecular formula is C13H20N2O3. The summed E-state index contributed by atoms with van der Waals surface area (Å²) in [5.41, 5.74) is 6.00. The number of phenolic OH excluding ortho intramolecular Hbond substituents is 1. The van der Waals surface area contributed by atoms with E-state index in [0.29, 0.717) is 12.4 Å². The summed E-state index contributed by atoms with van der Waals surface area (Å²) in [5.74, 6) is 0.555. The summed E-state index contributed by atoms with van der Waals surface area (Å²) in [4.78, 5) is 2.32. The highest BCUT2D eigenvalue weighted by molar-refractivity contribution is 5.61. The first-order chi connectivity index (χ1) is 8.70. The lowest BCUT2D eigenvalue weighted by atomic mass is 10.2. The van der Waals surface area contributed by atoms with E-state index in [2.05, 4.69) is 11.8 Å². The first-order valence-corrected chi connectivity index (χ1v) is 6.25. The number of rotatable bonds is 4. The SMILES string of the molecule is CCN1CCOC(COc2cccc(O)c2N)C1. The molecular weight excluding hydrogens is 232 g/mol. The van der Waals surface area contributed by atoms with Crippen LogP contribution in [0.4, 0.5) is 5.69 Å². The van der Waals surface area contributed by atoms with Crippen molar-refractivity contribution >= 4 is 5.69 Å². The Morgan fingerprint density at radius 2 is 2.39 bits per heavy atom. The highest BCUT2D eigenvalue weighted by Gasteiger charge is 2.20. The van der Waals surface area contributed by atoms with E-state index >= 15 is 0 Å². The number of morpholine rings is 1. The molecule has 0 aromatic heterocycles. The number of likely N-dealkylation sites (N-methyl/N-ethyl adjacent to an activating group) is 1. The summed E-state index contributed by atoms with van der Waals surface area (Å²) in [6.07, 6.45) is 0.0560. The number of nitrogen functional groups attached to an aromatic ring is 1. The van der Waals surface area contributed by atoms with E-state index in [0.717, 1.165) is 26.2 Å². The molecule has 1 unspecified atom stereocenters. The third kappa shape index (κ3) is 3.05. The number of phenols is 1. The number of nitrogens with two attached hydrogens (primary N) is 1. The Balaban J connectivity index is 1.89. The lowest BCUT2D eigenvalue weighted by Crippen LogP contribution is -2.44. The Bertz CT molecular complexity index is 398. The maximum absolute atomic E-state index is 9.47. The Labute approximate surface area is 107 Å². The van der Waals surface area contributed by atoms with Gasteiger partial charge in [0.2, 0.25) is 0 Å². The van der Waals surface area contributed by atoms with Crippen LogP contribution in [0.1, 0.15) is 6.92 Å². The second kappa shape index (κ2) is 5.93. The first kappa shape index (κ1) is 13.0. The number of para-hydroxylation sites is 1. The van der Waals surface area contributed by atoms with E-state index < -0.39 is 0 Å². The van der Waals surface area contributed by atoms with Crippen molar-refractivity contribution in [3.63, 3.8) is 0 Å². The Kier molecular flexibility index (Phi) is 4.28. The smallest absolute Gasteiger partial charge is 0.146 e. The summed E-state index contributed by atoms with van der Waals surface area (Å²) in [6, 6.07) is 4.99. The van der Waals surface area contributed by atoms with Gasteiger partial charge in [-0.25, -0.2) is 0 Å². The number of ether oxygens (including phenoxy) is 2. The minimum absolute atomic E-state index is 0.0484. The molecule has 18 heavy (non-hydrogen) atoms. The van der Waals surface area contributed by atoms with Crippen LogP contribution < -0.4 is 10.5 Å². The van der Waals surface area contributed by atoms with Gasteiger partial charge in [-0.05, 0) is 18.7 Å². The van der Waals surface area contributed by atoms with Gasteiger partial charge < -0.3 is 20.3 Å². The largest absolute Gasteiger partial charge is 0.506 e. The highest BCUT2D eigenvalue weighted by atomic mass is 16.5. The van der Waals surface area contributed by atoms with Crippen molar-refractivity contribution in [1.29, 1.82) is 0 Å². The fourth-order valence-corrected chi connectivity index (χ4v) is 2.01. The molecule has 1 saturated heterocycles. The van der Waals surface area contributed by atoms with Crippen LogP contribution in [0.5, 0.6) is 11.5 Å². The molecule has 3 N–H and O–H groups in total. The fourth-order valence-electron chi connectivity index (χ4n) is 2.01. The molecule has 2 rings (SSSR count). The van der Waals surface area contributed by atoms with Crippen molar-refractivity contribution < 1.29 is 14.6 Å². The lowest BCUT2D eigenvalue weighted by molar-refractivity contribution is -0.0463. The molecule has 1 aromatic carbocycles. The molecule has 1 aliphatic heterocycles. The van der Waals surface area contributed by atoms with Crippen molar-refractivity contribution in [2.75, 3.05) is 38.6 Å². The van der Waals surface area contributed by atoms with Crippen molar-refractivity contribution in [3.05, 3.63) is 18.2 Å². The number of hydrogen-bond donors (Lipinski definition) is 2. The van der Waals surface area contributed by atoms with Gasteiger partial charge in [-0.1, -0.05) is 13.0 Å². The predicted octanol–water partition coefficient (Wildman–Crippen LogP) is 1.07. The Morgan fingerprint density at radius 3 is 3.17 bits per heavy atom. The van der Waals surface area contributed by atoms with Crippen LogP contribution in [0.25, 0.3) is 0 Å². The molecule has 0 amide bonds. The van der Waals surface area contributed by atoms with Gasteiger partial charge in [-0.3, -0.25) is 4.90 Å². The number of hydrogen-bond acceptors (Lipinski definition) is 5. The maximum Gasteiger partial charge on any atom is 0.146 e. The highest BCUT2D eigenvalue weighted by Crippen LogP contribution is 2.30. The maximum atomic E-state index is 9.47. The van der Waals surface area contributed by atoms with Gasteiger partial charge in [0.05, 0.1) is 6.61 Å². The quantitative estimate of drug-likeness (QED) is 0.620. The molecule has 1 aliphatic rings. The summed E-state index contributed by atoms with van der Waals surface area (Å²) in [5, 5.41) is 9.47. The third-order valence-corrected chi connectivity index (χ3v) is 3.14. The average molecular weight is 252 g/mol. The number of aromatic hydroxyl groups is 1. The Morgan fingerprint density at radius 1 is 1.56 bits per heavy atom. The van der Waals surface area contributed by atoms with Gasteiger partial charge >= 0.3 is 0 Å². The minimum Gasteiger partial charge on any atom is -0.506 e. The summed E-state index contributed by atoms with van der Waals surface area (Å²) in [7, 11) is 0. The van der Waals surface area contributed by atoms with E-state index in [9.17, 15) is 5.11 Å². The summed E-state index contributed by atoms with van der Waals surface area (Å²) < 4.78 is 11.2. The van der Waals surface area contributed by atoms with Crippen LogP contribution >= 0.6 is 0 Å². The molecule has 0 bridgehead atoms. The van der Waals surface area contributed by atoms with E-state index in [1.165, 1.54) is 6.07 Å². The third-order valence-electron chi connectivity index (χ3n) is 3.14. The standard InChI is InChI=1S/C13H20N2O3/c1-2-15-6-7-17-10(8-15)9-18-12-5-3-4-11(16)13(12)14/h3-5,10,16H,2,6-9,14H2,1H3. The average Bonchev–Trinajstić information content (AvgIpc) is 2.41. The molecule has 1 fully saturated rings. The summed E-state index contributed by atoms with van der Waals surface area (Å²) >= 11 is 0. The molecule has 0 spiro atoms. The molecule has 0 aliphatic carbocycles. The van der Waals surface area contributed by atoms with E-state index in [-0.39, 0.29) is 17.5 Å². The zero-order valence-corrected chi connectivity index (χ0v) is 10.6. The summed E-state index contributed by atoms with van der Waals surface area (Å²) in [6.45, 7) is 6.18. The zero-order chi connectivity index (χ0) is 13.0. The molecule has 1 atom stereocenters. The van der Waals surface area contributed by atoms with Crippen molar-refractivity contribution in [2.45, 2.75) is 13.0 Å². The molecule has 5 nitrogen and oxygen atoms in total. The number of benzene rings is 1. The predicted molar refractivity (Wildman–Crippen MR) is 69.9 cm³/mol. The van der Waals surface area contributed by atoms with Crippen LogP contribution in [0.3, 0.4) is 0 Å². The topological polar surface area (TPSA) is 68.0 Å². The van der Waals surface area contributed by atoms with Gasteiger partial charge in [0.1, 0.15) is 29.9 Å². The second-order valence-corrected chi connectivity index (χ2v) is 4.39. The monoisotopic (exact) mass is 252 g/mol. The normalized spacial score (nSPS) is 20.8. The van der Waals surface area contributed by atoms with Crippen LogP contribution in [-0.2, 0) is 4.74 Å². The van der Waals surface area contributed by atoms with Crippen molar-refractivity contribution in [2.24, 2.45) is 0 Å². The van der Waals surface area contributed by atoms with Crippen LogP contribution in [-0.4, -0.2) is 49.0 Å². The molecule has 0 radical (unpaired) electrons. The molecule has 1 aromatic rings. The molecule has 5 heteroatoms. The van der Waals surface area contributed by atoms with Crippen LogP contribution in [0, 0.1) is 0 Å². The minimum atomic E-state index is 0.0484. The fraction of sp³-hybridized carbons (Fsp3) is 0.538. The second-order valence-electron chi connectivity index (χ2n) is 4.39. The van der Waals surface area contributed by atoms with Gasteiger partial charge in [-0.15, -0.1) is 0 Å². The van der Waals surface area contributed by atoms with E-state index in [1.807, 2.05) is 0 Å². The zero-order valence-electron chi connectivity index (χ0n) is 10.6. The number of anilines is 1. The lowest BCUT2D eigenvalue weighted by Gasteiger charge is -2.31. The van der Waals surface area contributed by atoms with E-state index in [4.69, 9.17) is 15.2 Å². The molecule has 1 heterocycles. The molecule has 0 saturated carbocycles. The van der Waals surface area contributed by atoms with Gasteiger partial charge in [0.15, 0.2) is 0 Å². The van der Waals surface area contributed by atoms with Crippen molar-refractivity contribution in [3.8, 4) is 11.5 Å². The van der Waals surface area contributed by atoms with Crippen LogP contribution in [0.15, 0.2) is 18.2 Å². The van der Waals surface area contributed by atoms with Gasteiger partial charge in [0.25, 0.3) is 0 Å². The van der Waals surface area contributed by atoms with Crippen molar-refractivity contribution in [1.82, 2.24) is 4.90 Å².